The molecule has 0 aromatic rings. The maximum atomic E-state index is 9.08. The van der Waals surface area contributed by atoms with Gasteiger partial charge in [0.05, 0.1) is 29.9 Å². The molecule has 7 heteroatoms. The van der Waals surface area contributed by atoms with Gasteiger partial charge in [-0.25, -0.2) is 8.42 Å². The Balaban J connectivity index is 0.00000129. The number of nitrogens with zero attached hydrogens (tertiary/aromatic N) is 1. The highest BCUT2D eigenvalue weighted by Gasteiger charge is 2.28. The minimum Gasteiger partial charge on any atom is -0.748 e. The van der Waals surface area contributed by atoms with Gasteiger partial charge in [0.15, 0.2) is 0 Å². The summed E-state index contributed by atoms with van der Waals surface area (Å²) in [7, 11) is -3.92. The Morgan fingerprint density at radius 2 is 1.36 bits per heavy atom. The van der Waals surface area contributed by atoms with E-state index in [1.807, 2.05) is 0 Å². The average molecular weight is 530 g/mol. The Kier molecular flexibility index (Phi) is 18.0. The molecule has 0 saturated carbocycles. The minimum absolute atomic E-state index is 0.604. The smallest absolute Gasteiger partial charge is 0.141 e. The summed E-state index contributed by atoms with van der Waals surface area (Å²) in [5.74, 6) is 3.30. The van der Waals surface area contributed by atoms with E-state index in [4.69, 9.17) is 17.7 Å². The van der Waals surface area contributed by atoms with Crippen molar-refractivity contribution in [2.75, 3.05) is 45.6 Å². The lowest BCUT2D eigenvalue weighted by Gasteiger charge is -2.40. The van der Waals surface area contributed by atoms with Crippen molar-refractivity contribution in [3.05, 3.63) is 0 Å². The van der Waals surface area contributed by atoms with Crippen LogP contribution < -0.4 is 0 Å². The number of quaternary nitrogens is 1. The molecule has 0 atom stereocenters. The Bertz CT molecular complexity index is 514. The summed E-state index contributed by atoms with van der Waals surface area (Å²) in [6, 6.07) is 0. The predicted octanol–water partition coefficient (Wildman–Crippen LogP) is 4.70. The van der Waals surface area contributed by atoms with E-state index < -0.39 is 10.1 Å². The molecule has 0 aliphatic carbocycles. The van der Waals surface area contributed by atoms with E-state index in [2.05, 4.69) is 39.4 Å². The summed E-state index contributed by atoms with van der Waals surface area (Å²) in [4.78, 5) is 0. The molecule has 0 bridgehead atoms. The molecule has 1 saturated heterocycles. The van der Waals surface area contributed by atoms with Crippen molar-refractivity contribution in [2.24, 2.45) is 0 Å². The van der Waals surface area contributed by atoms with Crippen LogP contribution in [-0.4, -0.2) is 63.1 Å². The van der Waals surface area contributed by atoms with Crippen molar-refractivity contribution < 1.29 is 22.2 Å². The molecule has 28 heavy (non-hydrogen) atoms. The quantitative estimate of drug-likeness (QED) is 0.114. The van der Waals surface area contributed by atoms with Gasteiger partial charge in [-0.1, -0.05) is 64.7 Å². The van der Waals surface area contributed by atoms with Crippen LogP contribution in [-0.2, 0) is 14.9 Å². The number of unbranched alkanes of at least 4 members (excludes halogenated alkanes) is 10. The van der Waals surface area contributed by atoms with E-state index in [-0.39, 0.29) is 0 Å². The largest absolute Gasteiger partial charge is 0.748 e. The van der Waals surface area contributed by atoms with Crippen LogP contribution in [0.1, 0.15) is 77.6 Å². The number of hydrogen-bond donors (Lipinski definition) is 0. The molecule has 0 unspecified atom stereocenters. The van der Waals surface area contributed by atoms with Gasteiger partial charge in [0, 0.05) is 28.8 Å². The van der Waals surface area contributed by atoms with E-state index in [0.717, 1.165) is 32.8 Å². The molecule has 0 spiro atoms. The first-order valence-electron chi connectivity index (χ1n) is 10.8. The van der Waals surface area contributed by atoms with Gasteiger partial charge in [-0.05, 0) is 22.7 Å². The number of halogens is 1. The summed E-state index contributed by atoms with van der Waals surface area (Å²) in [6.07, 6.45) is 16.2. The summed E-state index contributed by atoms with van der Waals surface area (Å²) >= 11 is 2.16. The first-order chi connectivity index (χ1) is 13.3. The molecular formula is C21H40INO4S. The van der Waals surface area contributed by atoms with E-state index in [0.29, 0.717) is 6.26 Å². The maximum Gasteiger partial charge on any atom is 0.141 e. The number of ether oxygens (including phenoxy) is 1. The fraction of sp³-hybridized carbons (Fsp3) is 0.905. The van der Waals surface area contributed by atoms with Crippen LogP contribution in [0.5, 0.6) is 0 Å². The monoisotopic (exact) mass is 529 g/mol. The fourth-order valence-corrected chi connectivity index (χ4v) is 3.67. The molecule has 5 nitrogen and oxygen atoms in total. The first kappa shape index (κ1) is 28.1. The van der Waals surface area contributed by atoms with E-state index in [1.54, 1.807) is 0 Å². The molecular weight excluding hydrogens is 489 g/mol. The van der Waals surface area contributed by atoms with E-state index >= 15 is 0 Å². The zero-order valence-corrected chi connectivity index (χ0v) is 20.9. The Morgan fingerprint density at radius 3 is 1.79 bits per heavy atom. The lowest BCUT2D eigenvalue weighted by atomic mass is 10.1. The van der Waals surface area contributed by atoms with Gasteiger partial charge >= 0.3 is 0 Å². The lowest BCUT2D eigenvalue weighted by molar-refractivity contribution is -0.928. The number of hydrogen-bond acceptors (Lipinski definition) is 4. The van der Waals surface area contributed by atoms with Gasteiger partial charge in [-0.15, -0.1) is 0 Å². The SMILES string of the molecule is CCCCCCCCCCCCC[N+]1(CC#CI)CCOCC1.CS(=O)(=O)[O-]. The van der Waals surface area contributed by atoms with Gasteiger partial charge in [-0.2, -0.15) is 0 Å². The second-order valence-corrected chi connectivity index (χ2v) is 9.74. The van der Waals surface area contributed by atoms with Gasteiger partial charge in [0.2, 0.25) is 0 Å². The molecule has 1 aliphatic heterocycles. The molecule has 0 amide bonds. The summed E-state index contributed by atoms with van der Waals surface area (Å²) in [5.41, 5.74) is 0. The third-order valence-electron chi connectivity index (χ3n) is 5.14. The van der Waals surface area contributed by atoms with Gasteiger partial charge in [-0.3, -0.25) is 0 Å². The second-order valence-electron chi connectivity index (χ2n) is 7.79. The van der Waals surface area contributed by atoms with Crippen LogP contribution in [0.15, 0.2) is 0 Å². The highest BCUT2D eigenvalue weighted by molar-refractivity contribution is 14.1. The van der Waals surface area contributed by atoms with Crippen LogP contribution in [0.25, 0.3) is 0 Å². The molecule has 1 heterocycles. The van der Waals surface area contributed by atoms with Crippen LogP contribution in [0, 0.1) is 9.85 Å². The molecule has 0 radical (unpaired) electrons. The first-order valence-corrected chi connectivity index (χ1v) is 13.6. The highest BCUT2D eigenvalue weighted by atomic mass is 127. The van der Waals surface area contributed by atoms with Crippen LogP contribution >= 0.6 is 22.6 Å². The molecule has 166 valence electrons. The van der Waals surface area contributed by atoms with Crippen LogP contribution in [0.4, 0.5) is 0 Å². The van der Waals surface area contributed by atoms with Crippen molar-refractivity contribution in [3.63, 3.8) is 0 Å². The molecule has 0 aromatic carbocycles. The van der Waals surface area contributed by atoms with Gasteiger partial charge in [0.1, 0.15) is 19.6 Å². The maximum absolute atomic E-state index is 9.08. The van der Waals surface area contributed by atoms with Gasteiger partial charge < -0.3 is 13.8 Å². The Labute approximate surface area is 187 Å². The van der Waals surface area contributed by atoms with Crippen molar-refractivity contribution in [1.29, 1.82) is 0 Å². The van der Waals surface area contributed by atoms with E-state index in [1.165, 1.54) is 81.7 Å². The molecule has 1 aliphatic rings. The summed E-state index contributed by atoms with van der Waals surface area (Å²) in [6.45, 7) is 8.75. The number of rotatable bonds is 13. The third-order valence-corrected chi connectivity index (χ3v) is 5.52. The molecule has 0 aromatic heterocycles. The lowest BCUT2D eigenvalue weighted by Crippen LogP contribution is -2.55. The Hall–Kier alpha value is 0.120. The summed E-state index contributed by atoms with van der Waals surface area (Å²) < 4.78 is 37.0. The average Bonchev–Trinajstić information content (AvgIpc) is 2.64. The zero-order valence-electron chi connectivity index (χ0n) is 17.9. The van der Waals surface area contributed by atoms with Crippen LogP contribution in [0.3, 0.4) is 0 Å². The summed E-state index contributed by atoms with van der Waals surface area (Å²) in [5, 5.41) is 0. The molecule has 1 fully saturated rings. The molecule has 1 rings (SSSR count). The van der Waals surface area contributed by atoms with E-state index in [9.17, 15) is 0 Å². The minimum atomic E-state index is -3.92. The van der Waals surface area contributed by atoms with Crippen molar-refractivity contribution in [3.8, 4) is 9.85 Å². The topological polar surface area (TPSA) is 66.4 Å². The Morgan fingerprint density at radius 1 is 0.929 bits per heavy atom. The number of morpholine rings is 1. The zero-order chi connectivity index (χ0) is 21.1. The van der Waals surface area contributed by atoms with Crippen LogP contribution in [0.2, 0.25) is 0 Å². The third kappa shape index (κ3) is 19.4. The van der Waals surface area contributed by atoms with Gasteiger partial charge in [0.25, 0.3) is 0 Å². The predicted molar refractivity (Wildman–Crippen MR) is 124 cm³/mol. The van der Waals surface area contributed by atoms with Crippen molar-refractivity contribution >= 4 is 32.7 Å². The highest BCUT2D eigenvalue weighted by Crippen LogP contribution is 2.15. The molecule has 0 N–H and O–H groups in total. The fourth-order valence-electron chi connectivity index (χ4n) is 3.50. The standard InChI is InChI=1S/C20H37INO.CH4O3S/c1-2-3-4-5-6-7-8-9-10-11-12-15-22(16-13-14-21)17-19-23-20-18-22;1-5(2,3)4/h2-12,15-20H2,1H3;1H3,(H,2,3,4)/q+1;/p-1. The van der Waals surface area contributed by atoms with Crippen molar-refractivity contribution in [1.82, 2.24) is 0 Å². The normalized spacial score (nSPS) is 15.9. The van der Waals surface area contributed by atoms with Crippen molar-refractivity contribution in [2.45, 2.75) is 77.6 Å². The second kappa shape index (κ2) is 17.9.